The van der Waals surface area contributed by atoms with Gasteiger partial charge in [-0.2, -0.15) is 0 Å². The van der Waals surface area contributed by atoms with Crippen LogP contribution in [0.15, 0.2) is 18.2 Å². The largest absolute Gasteiger partial charge is 0.377 e. The van der Waals surface area contributed by atoms with Gasteiger partial charge < -0.3 is 10.1 Å². The molecule has 1 saturated carbocycles. The highest BCUT2D eigenvalue weighted by Crippen LogP contribution is 2.35. The summed E-state index contributed by atoms with van der Waals surface area (Å²) in [6.07, 6.45) is 5.86. The topological polar surface area (TPSA) is 21.3 Å². The summed E-state index contributed by atoms with van der Waals surface area (Å²) in [6.45, 7) is 2.81. The summed E-state index contributed by atoms with van der Waals surface area (Å²) >= 11 is 0. The van der Waals surface area contributed by atoms with Gasteiger partial charge in [0.05, 0.1) is 5.60 Å². The second kappa shape index (κ2) is 7.32. The highest BCUT2D eigenvalue weighted by atomic mass is 19.1. The first-order chi connectivity index (χ1) is 10.1. The minimum Gasteiger partial charge on any atom is -0.377 e. The van der Waals surface area contributed by atoms with Gasteiger partial charge in [0.1, 0.15) is 11.6 Å². The van der Waals surface area contributed by atoms with Crippen LogP contribution in [0.3, 0.4) is 0 Å². The molecule has 4 heteroatoms. The molecule has 0 aromatic heterocycles. The van der Waals surface area contributed by atoms with E-state index in [0.29, 0.717) is 12.0 Å². The van der Waals surface area contributed by atoms with Crippen molar-refractivity contribution in [1.29, 1.82) is 0 Å². The van der Waals surface area contributed by atoms with Gasteiger partial charge >= 0.3 is 0 Å². The minimum atomic E-state index is -0.392. The van der Waals surface area contributed by atoms with E-state index in [2.05, 4.69) is 5.32 Å². The van der Waals surface area contributed by atoms with Crippen molar-refractivity contribution in [2.75, 3.05) is 13.7 Å². The third kappa shape index (κ3) is 3.80. The average molecular weight is 297 g/mol. The third-order valence-electron chi connectivity index (χ3n) is 4.62. The van der Waals surface area contributed by atoms with Gasteiger partial charge in [0.2, 0.25) is 0 Å². The molecule has 0 radical (unpaired) electrons. The van der Waals surface area contributed by atoms with E-state index in [-0.39, 0.29) is 17.5 Å². The van der Waals surface area contributed by atoms with Crippen LogP contribution in [-0.2, 0) is 11.2 Å². The molecule has 1 aliphatic rings. The van der Waals surface area contributed by atoms with Gasteiger partial charge in [-0.1, -0.05) is 26.2 Å². The van der Waals surface area contributed by atoms with Crippen LogP contribution < -0.4 is 5.32 Å². The van der Waals surface area contributed by atoms with Crippen molar-refractivity contribution in [1.82, 2.24) is 5.32 Å². The van der Waals surface area contributed by atoms with Crippen LogP contribution in [-0.4, -0.2) is 25.3 Å². The molecule has 0 bridgehead atoms. The van der Waals surface area contributed by atoms with Crippen LogP contribution in [0.5, 0.6) is 0 Å². The Morgan fingerprint density at radius 1 is 1.24 bits per heavy atom. The van der Waals surface area contributed by atoms with E-state index in [1.54, 1.807) is 7.11 Å². The summed E-state index contributed by atoms with van der Waals surface area (Å²) < 4.78 is 33.2. The molecule has 1 atom stereocenters. The second-order valence-corrected chi connectivity index (χ2v) is 5.88. The zero-order valence-electron chi connectivity index (χ0n) is 12.9. The Kier molecular flexibility index (Phi) is 5.71. The second-order valence-electron chi connectivity index (χ2n) is 5.88. The lowest BCUT2D eigenvalue weighted by Crippen LogP contribution is -2.54. The number of nitrogens with one attached hydrogen (secondary N) is 1. The number of hydrogen-bond donors (Lipinski definition) is 1. The number of ether oxygens (including phenoxy) is 1. The minimum absolute atomic E-state index is 0.00380. The molecule has 118 valence electrons. The van der Waals surface area contributed by atoms with Gasteiger partial charge in [0, 0.05) is 13.2 Å². The van der Waals surface area contributed by atoms with Gasteiger partial charge in [-0.25, -0.2) is 8.78 Å². The molecular weight excluding hydrogens is 272 g/mol. The van der Waals surface area contributed by atoms with Crippen molar-refractivity contribution in [3.8, 4) is 0 Å². The molecular formula is C17H25F2NO. The normalized spacial score (nSPS) is 19.4. The van der Waals surface area contributed by atoms with Gasteiger partial charge in [-0.3, -0.25) is 0 Å². The smallest absolute Gasteiger partial charge is 0.126 e. The predicted octanol–water partition coefficient (Wildman–Crippen LogP) is 3.83. The Morgan fingerprint density at radius 2 is 1.95 bits per heavy atom. The predicted molar refractivity (Wildman–Crippen MR) is 80.4 cm³/mol. The van der Waals surface area contributed by atoms with E-state index >= 15 is 0 Å². The van der Waals surface area contributed by atoms with Crippen LogP contribution in [0, 0.1) is 11.6 Å². The van der Waals surface area contributed by atoms with Crippen LogP contribution in [0.4, 0.5) is 8.78 Å². The average Bonchev–Trinajstić information content (AvgIpc) is 2.51. The standard InChI is InChI=1S/C17H25F2NO/c1-3-20-16(17(21-2)9-5-4-6-10-17)12-13-11-14(18)7-8-15(13)19/h7-8,11,16,20H,3-6,9-10,12H2,1-2H3. The fraction of sp³-hybridized carbons (Fsp3) is 0.647. The Balaban J connectivity index is 2.23. The molecule has 0 amide bonds. The molecule has 21 heavy (non-hydrogen) atoms. The number of halogens is 2. The Labute approximate surface area is 125 Å². The number of benzene rings is 1. The summed E-state index contributed by atoms with van der Waals surface area (Å²) in [7, 11) is 1.73. The van der Waals surface area contributed by atoms with Crippen LogP contribution in [0.1, 0.15) is 44.6 Å². The molecule has 1 aliphatic carbocycles. The van der Waals surface area contributed by atoms with Crippen molar-refractivity contribution >= 4 is 0 Å². The zero-order valence-corrected chi connectivity index (χ0v) is 12.9. The molecule has 0 heterocycles. The molecule has 1 unspecified atom stereocenters. The van der Waals surface area contributed by atoms with E-state index in [9.17, 15) is 8.78 Å². The SMILES string of the molecule is CCNC(Cc1cc(F)ccc1F)C1(OC)CCCCC1. The highest BCUT2D eigenvalue weighted by Gasteiger charge is 2.39. The van der Waals surface area contributed by atoms with Crippen molar-refractivity contribution in [3.63, 3.8) is 0 Å². The molecule has 0 aliphatic heterocycles. The Hall–Kier alpha value is -1.00. The lowest BCUT2D eigenvalue weighted by atomic mass is 9.77. The summed E-state index contributed by atoms with van der Waals surface area (Å²) in [5.41, 5.74) is 0.149. The summed E-state index contributed by atoms with van der Waals surface area (Å²) in [5.74, 6) is -0.738. The van der Waals surface area contributed by atoms with Gasteiger partial charge in [-0.15, -0.1) is 0 Å². The molecule has 1 aromatic rings. The van der Waals surface area contributed by atoms with Crippen LogP contribution in [0.2, 0.25) is 0 Å². The maximum Gasteiger partial charge on any atom is 0.126 e. The number of methoxy groups -OCH3 is 1. The number of likely N-dealkylation sites (N-methyl/N-ethyl adjacent to an activating group) is 1. The first-order valence-electron chi connectivity index (χ1n) is 7.84. The van der Waals surface area contributed by atoms with E-state index in [4.69, 9.17) is 4.74 Å². The maximum absolute atomic E-state index is 13.9. The molecule has 1 fully saturated rings. The number of rotatable bonds is 6. The van der Waals surface area contributed by atoms with Crippen LogP contribution in [0.25, 0.3) is 0 Å². The third-order valence-corrected chi connectivity index (χ3v) is 4.62. The fourth-order valence-electron chi connectivity index (χ4n) is 3.46. The van der Waals surface area contributed by atoms with E-state index in [1.807, 2.05) is 6.92 Å². The van der Waals surface area contributed by atoms with E-state index < -0.39 is 5.82 Å². The summed E-state index contributed by atoms with van der Waals surface area (Å²) in [4.78, 5) is 0. The molecule has 0 spiro atoms. The molecule has 1 aromatic carbocycles. The van der Waals surface area contributed by atoms with Gasteiger partial charge in [-0.05, 0) is 49.6 Å². The zero-order chi connectivity index (χ0) is 15.3. The highest BCUT2D eigenvalue weighted by molar-refractivity contribution is 5.21. The quantitative estimate of drug-likeness (QED) is 0.861. The van der Waals surface area contributed by atoms with Gasteiger partial charge in [0.15, 0.2) is 0 Å². The van der Waals surface area contributed by atoms with Crippen molar-refractivity contribution < 1.29 is 13.5 Å². The molecule has 2 rings (SSSR count). The van der Waals surface area contributed by atoms with Crippen molar-refractivity contribution in [2.45, 2.75) is 57.1 Å². The van der Waals surface area contributed by atoms with Gasteiger partial charge in [0.25, 0.3) is 0 Å². The monoisotopic (exact) mass is 297 g/mol. The Bertz CT molecular complexity index is 458. The number of hydrogen-bond acceptors (Lipinski definition) is 2. The van der Waals surface area contributed by atoms with Crippen molar-refractivity contribution in [2.24, 2.45) is 0 Å². The lowest BCUT2D eigenvalue weighted by molar-refractivity contribution is -0.0671. The fourth-order valence-corrected chi connectivity index (χ4v) is 3.46. The van der Waals surface area contributed by atoms with Crippen LogP contribution >= 0.6 is 0 Å². The maximum atomic E-state index is 13.9. The Morgan fingerprint density at radius 3 is 2.57 bits per heavy atom. The van der Waals surface area contributed by atoms with E-state index in [1.165, 1.54) is 18.6 Å². The van der Waals surface area contributed by atoms with E-state index in [0.717, 1.165) is 38.3 Å². The molecule has 1 N–H and O–H groups in total. The first kappa shape index (κ1) is 16.4. The first-order valence-corrected chi connectivity index (χ1v) is 7.84. The summed E-state index contributed by atoms with van der Waals surface area (Å²) in [5, 5.41) is 3.43. The summed E-state index contributed by atoms with van der Waals surface area (Å²) in [6, 6.07) is 3.66. The van der Waals surface area contributed by atoms with Crippen molar-refractivity contribution in [3.05, 3.63) is 35.4 Å². The lowest BCUT2D eigenvalue weighted by Gasteiger charge is -2.43. The molecule has 2 nitrogen and oxygen atoms in total. The molecule has 0 saturated heterocycles.